The summed E-state index contributed by atoms with van der Waals surface area (Å²) in [5.41, 5.74) is 0.273. The number of carbonyl (C=O) groups excluding carboxylic acids is 4. The predicted octanol–water partition coefficient (Wildman–Crippen LogP) is 5.14. The number of ether oxygens (including phenoxy) is 1. The molecule has 40 heavy (non-hydrogen) atoms. The van der Waals surface area contributed by atoms with E-state index in [1.807, 2.05) is 0 Å². The molecule has 0 spiro atoms. The van der Waals surface area contributed by atoms with Crippen LogP contribution in [0.5, 0.6) is 0 Å². The number of methoxy groups -OCH3 is 1. The lowest BCUT2D eigenvalue weighted by atomic mass is 10.1. The molecule has 3 N–H and O–H groups in total. The summed E-state index contributed by atoms with van der Waals surface area (Å²) >= 11 is 0. The number of amides is 3. The fourth-order valence-electron chi connectivity index (χ4n) is 3.85. The summed E-state index contributed by atoms with van der Waals surface area (Å²) in [5, 5.41) is 19.2. The molecule has 0 fully saturated rings. The third kappa shape index (κ3) is 6.00. The average Bonchev–Trinajstić information content (AvgIpc) is 2.97. The van der Waals surface area contributed by atoms with Gasteiger partial charge in [0.2, 0.25) is 0 Å². The largest absolute Gasteiger partial charge is 0.465 e. The molecule has 0 saturated carbocycles. The summed E-state index contributed by atoms with van der Waals surface area (Å²) in [7, 11) is 1.23. The summed E-state index contributed by atoms with van der Waals surface area (Å²) in [4.78, 5) is 62.0. The molecule has 4 rings (SSSR count). The number of nitrogens with one attached hydrogen (secondary N) is 3. The van der Waals surface area contributed by atoms with E-state index in [9.17, 15) is 29.3 Å². The van der Waals surface area contributed by atoms with Crippen LogP contribution in [0, 0.1) is 10.1 Å². The van der Waals surface area contributed by atoms with Crippen LogP contribution in [0.15, 0.2) is 97.1 Å². The van der Waals surface area contributed by atoms with Crippen molar-refractivity contribution in [3.05, 3.63) is 129 Å². The SMILES string of the molecule is COC(=O)c1ccccc1NC(=O)c1ccccc1NC(=O)c1ccccc1NC(=O)c1ccccc1[N+](=O)[O-]. The molecule has 11 nitrogen and oxygen atoms in total. The molecule has 11 heteroatoms. The van der Waals surface area contributed by atoms with E-state index in [2.05, 4.69) is 16.0 Å². The second kappa shape index (κ2) is 12.1. The third-order valence-electron chi connectivity index (χ3n) is 5.77. The molecule has 0 unspecified atom stereocenters. The molecule has 0 aliphatic heterocycles. The Bertz CT molecular complexity index is 1630. The topological polar surface area (TPSA) is 157 Å². The number of anilines is 3. The predicted molar refractivity (Wildman–Crippen MR) is 148 cm³/mol. The lowest BCUT2D eigenvalue weighted by Gasteiger charge is -2.15. The molecule has 4 aromatic rings. The van der Waals surface area contributed by atoms with Gasteiger partial charge in [-0.15, -0.1) is 0 Å². The van der Waals surface area contributed by atoms with E-state index in [4.69, 9.17) is 4.74 Å². The van der Waals surface area contributed by atoms with E-state index in [1.54, 1.807) is 42.5 Å². The smallest absolute Gasteiger partial charge is 0.339 e. The van der Waals surface area contributed by atoms with Crippen molar-refractivity contribution < 1.29 is 28.8 Å². The van der Waals surface area contributed by atoms with Crippen LogP contribution in [0.2, 0.25) is 0 Å². The highest BCUT2D eigenvalue weighted by Gasteiger charge is 2.22. The van der Waals surface area contributed by atoms with E-state index in [-0.39, 0.29) is 45.0 Å². The summed E-state index contributed by atoms with van der Waals surface area (Å²) in [6.45, 7) is 0. The van der Waals surface area contributed by atoms with Crippen molar-refractivity contribution in [2.75, 3.05) is 23.1 Å². The van der Waals surface area contributed by atoms with Crippen LogP contribution in [0.4, 0.5) is 22.7 Å². The summed E-state index contributed by atoms with van der Waals surface area (Å²) in [5.74, 6) is -2.63. The molecule has 200 valence electrons. The van der Waals surface area contributed by atoms with Crippen LogP contribution in [-0.4, -0.2) is 35.7 Å². The molecule has 0 atom stereocenters. The number of rotatable bonds is 8. The van der Waals surface area contributed by atoms with Crippen molar-refractivity contribution in [1.82, 2.24) is 0 Å². The Balaban J connectivity index is 1.57. The number of para-hydroxylation sites is 4. The van der Waals surface area contributed by atoms with Crippen LogP contribution in [0.1, 0.15) is 41.4 Å². The van der Waals surface area contributed by atoms with E-state index in [1.165, 1.54) is 61.7 Å². The van der Waals surface area contributed by atoms with Gasteiger partial charge in [0.15, 0.2) is 0 Å². The second-order valence-electron chi connectivity index (χ2n) is 8.26. The highest BCUT2D eigenvalue weighted by atomic mass is 16.6. The fraction of sp³-hybridized carbons (Fsp3) is 0.0345. The average molecular weight is 539 g/mol. The number of esters is 1. The van der Waals surface area contributed by atoms with Crippen molar-refractivity contribution >= 4 is 46.4 Å². The maximum absolute atomic E-state index is 13.3. The first-order valence-electron chi connectivity index (χ1n) is 11.8. The van der Waals surface area contributed by atoms with Gasteiger partial charge in [-0.1, -0.05) is 48.5 Å². The Kier molecular flexibility index (Phi) is 8.25. The second-order valence-corrected chi connectivity index (χ2v) is 8.26. The molecule has 3 amide bonds. The molecule has 0 bridgehead atoms. The van der Waals surface area contributed by atoms with Crippen molar-refractivity contribution in [2.45, 2.75) is 0 Å². The first-order chi connectivity index (χ1) is 19.3. The molecule has 0 radical (unpaired) electrons. The van der Waals surface area contributed by atoms with Gasteiger partial charge in [-0.05, 0) is 42.5 Å². The monoisotopic (exact) mass is 538 g/mol. The Morgan fingerprint density at radius 3 is 1.38 bits per heavy atom. The summed E-state index contributed by atoms with van der Waals surface area (Å²) < 4.78 is 4.76. The molecule has 4 aromatic carbocycles. The highest BCUT2D eigenvalue weighted by Crippen LogP contribution is 2.24. The van der Waals surface area contributed by atoms with Gasteiger partial charge in [-0.25, -0.2) is 4.79 Å². The number of nitrogens with zero attached hydrogens (tertiary/aromatic N) is 1. The van der Waals surface area contributed by atoms with Gasteiger partial charge in [0.05, 0.1) is 45.8 Å². The summed E-state index contributed by atoms with van der Waals surface area (Å²) in [6.07, 6.45) is 0. The highest BCUT2D eigenvalue weighted by molar-refractivity contribution is 6.16. The van der Waals surface area contributed by atoms with Gasteiger partial charge < -0.3 is 20.7 Å². The molecule has 0 aromatic heterocycles. The Morgan fingerprint density at radius 1 is 0.575 bits per heavy atom. The number of benzene rings is 4. The lowest BCUT2D eigenvalue weighted by molar-refractivity contribution is -0.385. The Morgan fingerprint density at radius 2 is 0.925 bits per heavy atom. The van der Waals surface area contributed by atoms with Gasteiger partial charge in [0.25, 0.3) is 23.4 Å². The number of hydrogen-bond donors (Lipinski definition) is 3. The van der Waals surface area contributed by atoms with Crippen molar-refractivity contribution in [3.8, 4) is 0 Å². The first kappa shape index (κ1) is 27.2. The van der Waals surface area contributed by atoms with Crippen LogP contribution in [0.25, 0.3) is 0 Å². The van der Waals surface area contributed by atoms with Gasteiger partial charge >= 0.3 is 5.97 Å². The van der Waals surface area contributed by atoms with Crippen molar-refractivity contribution in [1.29, 1.82) is 0 Å². The van der Waals surface area contributed by atoms with Gasteiger partial charge in [0, 0.05) is 6.07 Å². The van der Waals surface area contributed by atoms with Gasteiger partial charge in [-0.3, -0.25) is 24.5 Å². The van der Waals surface area contributed by atoms with Crippen LogP contribution < -0.4 is 16.0 Å². The number of carbonyl (C=O) groups is 4. The fourth-order valence-corrected chi connectivity index (χ4v) is 3.85. The number of hydrogen-bond acceptors (Lipinski definition) is 7. The maximum atomic E-state index is 13.3. The molecule has 0 aliphatic carbocycles. The maximum Gasteiger partial charge on any atom is 0.339 e. The standard InChI is InChI=1S/C29H22N4O7/c1-40-29(37)20-12-4-8-16-24(20)32-27(35)18-10-2-6-14-22(18)30-26(34)19-11-3-7-15-23(19)31-28(36)21-13-5-9-17-25(21)33(38)39/h2-17H,1H3,(H,30,34)(H,31,36)(H,32,35). The quantitative estimate of drug-likeness (QED) is 0.159. The van der Waals surface area contributed by atoms with Crippen LogP contribution in [-0.2, 0) is 4.74 Å². The van der Waals surface area contributed by atoms with Crippen LogP contribution >= 0.6 is 0 Å². The third-order valence-corrected chi connectivity index (χ3v) is 5.77. The zero-order chi connectivity index (χ0) is 28.6. The molecular formula is C29H22N4O7. The zero-order valence-electron chi connectivity index (χ0n) is 21.0. The minimum absolute atomic E-state index is 0.0562. The lowest BCUT2D eigenvalue weighted by Crippen LogP contribution is -2.21. The molecule has 0 aliphatic rings. The van der Waals surface area contributed by atoms with E-state index in [0.717, 1.165) is 0 Å². The number of nitro benzene ring substituents is 1. The number of nitro groups is 1. The summed E-state index contributed by atoms with van der Waals surface area (Å²) in [6, 6.07) is 24.1. The molecular weight excluding hydrogens is 516 g/mol. The van der Waals surface area contributed by atoms with Crippen molar-refractivity contribution in [2.24, 2.45) is 0 Å². The van der Waals surface area contributed by atoms with Gasteiger partial charge in [-0.2, -0.15) is 0 Å². The Hall–Kier alpha value is -5.84. The molecule has 0 saturated heterocycles. The van der Waals surface area contributed by atoms with E-state index < -0.39 is 28.6 Å². The van der Waals surface area contributed by atoms with Crippen molar-refractivity contribution in [3.63, 3.8) is 0 Å². The van der Waals surface area contributed by atoms with Crippen LogP contribution in [0.3, 0.4) is 0 Å². The normalized spacial score (nSPS) is 10.2. The zero-order valence-corrected chi connectivity index (χ0v) is 21.0. The van der Waals surface area contributed by atoms with E-state index >= 15 is 0 Å². The minimum Gasteiger partial charge on any atom is -0.465 e. The Labute approximate surface area is 227 Å². The first-order valence-corrected chi connectivity index (χ1v) is 11.8. The minimum atomic E-state index is -0.767. The van der Waals surface area contributed by atoms with Gasteiger partial charge in [0.1, 0.15) is 5.56 Å². The van der Waals surface area contributed by atoms with E-state index in [0.29, 0.717) is 0 Å². The molecule has 0 heterocycles.